The number of aromatic nitrogens is 1. The van der Waals surface area contributed by atoms with Crippen LogP contribution in [0.15, 0.2) is 60.9 Å². The van der Waals surface area contributed by atoms with Gasteiger partial charge in [-0.05, 0) is 48.2 Å². The molecule has 1 amide bonds. The number of fused-ring (bicyclic) bond motifs is 5. The van der Waals surface area contributed by atoms with Crippen molar-refractivity contribution >= 4 is 23.0 Å². The van der Waals surface area contributed by atoms with Gasteiger partial charge in [-0.3, -0.25) is 9.78 Å². The number of piperidine rings is 1. The summed E-state index contributed by atoms with van der Waals surface area (Å²) in [6.45, 7) is 0.517. The van der Waals surface area contributed by atoms with Crippen LogP contribution in [0.1, 0.15) is 24.4 Å². The summed E-state index contributed by atoms with van der Waals surface area (Å²) in [4.78, 5) is 20.2. The van der Waals surface area contributed by atoms with E-state index in [-0.39, 0.29) is 6.04 Å². The highest BCUT2D eigenvalue weighted by Crippen LogP contribution is 2.48. The third kappa shape index (κ3) is 4.26. The molecule has 9 heteroatoms. The number of alkyl halides is 3. The summed E-state index contributed by atoms with van der Waals surface area (Å²) >= 11 is 0. The molecule has 2 aliphatic rings. The van der Waals surface area contributed by atoms with Crippen LogP contribution in [0.25, 0.3) is 11.1 Å². The third-order valence-electron chi connectivity index (χ3n) is 6.78. The van der Waals surface area contributed by atoms with Gasteiger partial charge in [0.2, 0.25) is 0 Å². The summed E-state index contributed by atoms with van der Waals surface area (Å²) in [6.07, 6.45) is -0.649. The van der Waals surface area contributed by atoms with Crippen LogP contribution in [0, 0.1) is 0 Å². The minimum absolute atomic E-state index is 0.175. The van der Waals surface area contributed by atoms with E-state index in [1.165, 1.54) is 0 Å². The van der Waals surface area contributed by atoms with Gasteiger partial charge in [0, 0.05) is 37.1 Å². The number of hydrogen-bond donors (Lipinski definition) is 1. The highest BCUT2D eigenvalue weighted by molar-refractivity contribution is 5.86. The van der Waals surface area contributed by atoms with Gasteiger partial charge in [0.05, 0.1) is 30.7 Å². The second kappa shape index (κ2) is 8.79. The minimum Gasteiger partial charge on any atom is -0.495 e. The quantitative estimate of drug-likeness (QED) is 0.554. The number of carbonyl (C=O) groups is 1. The number of hydrogen-bond acceptors (Lipinski definition) is 5. The molecule has 1 saturated heterocycles. The number of benzene rings is 2. The molecule has 6 nitrogen and oxygen atoms in total. The van der Waals surface area contributed by atoms with Crippen molar-refractivity contribution in [1.82, 2.24) is 10.3 Å². The number of pyridine rings is 1. The van der Waals surface area contributed by atoms with Crippen molar-refractivity contribution in [2.45, 2.75) is 31.1 Å². The van der Waals surface area contributed by atoms with Gasteiger partial charge in [0.25, 0.3) is 0 Å². The van der Waals surface area contributed by atoms with Crippen LogP contribution in [0.3, 0.4) is 0 Å². The van der Waals surface area contributed by atoms with Crippen molar-refractivity contribution in [2.24, 2.45) is 0 Å². The first kappa shape index (κ1) is 23.0. The SMILES string of the molecule is COc1cncc(-c2ccc3c(c2)N(C)c2ccccc2[C@@H]2C[C@@H](NC(=O)C(F)(F)F)CCN32)c1. The molecule has 0 aliphatic carbocycles. The Balaban J connectivity index is 1.55. The Bertz CT molecular complexity index is 1260. The molecule has 3 heterocycles. The number of amides is 1. The molecule has 0 saturated carbocycles. The number of carbonyl (C=O) groups excluding carboxylic acids is 1. The number of nitrogens with zero attached hydrogens (tertiary/aromatic N) is 3. The second-order valence-corrected chi connectivity index (χ2v) is 8.84. The maximum absolute atomic E-state index is 12.9. The molecule has 1 aromatic heterocycles. The summed E-state index contributed by atoms with van der Waals surface area (Å²) in [5, 5.41) is 2.20. The number of nitrogens with one attached hydrogen (secondary N) is 1. The minimum atomic E-state index is -4.89. The summed E-state index contributed by atoms with van der Waals surface area (Å²) < 4.78 is 43.9. The van der Waals surface area contributed by atoms with Crippen LogP contribution < -0.4 is 19.9 Å². The van der Waals surface area contributed by atoms with E-state index in [2.05, 4.69) is 26.2 Å². The summed E-state index contributed by atoms with van der Waals surface area (Å²) in [5.41, 5.74) is 5.87. The van der Waals surface area contributed by atoms with E-state index in [1.54, 1.807) is 19.5 Å². The van der Waals surface area contributed by atoms with Crippen LogP contribution in [0.2, 0.25) is 0 Å². The average molecular weight is 483 g/mol. The number of methoxy groups -OCH3 is 1. The van der Waals surface area contributed by atoms with Crippen LogP contribution in [-0.4, -0.2) is 43.8 Å². The van der Waals surface area contributed by atoms with Gasteiger partial charge >= 0.3 is 12.1 Å². The Kier molecular flexibility index (Phi) is 5.78. The standard InChI is InChI=1S/C26H25F3N4O2/c1-32-21-6-4-3-5-20(21)23-13-18(31-25(34)26(27,28)29)9-10-33(23)22-8-7-16(12-24(22)32)17-11-19(35-2)15-30-14-17/h3-8,11-12,14-15,18,23H,9-10,13H2,1-2H3,(H,31,34)/t18-,23-/m0/s1. The molecule has 182 valence electrons. The molecule has 5 rings (SSSR count). The van der Waals surface area contributed by atoms with Crippen molar-refractivity contribution in [1.29, 1.82) is 0 Å². The molecule has 2 aromatic carbocycles. The van der Waals surface area contributed by atoms with E-state index in [9.17, 15) is 18.0 Å². The maximum atomic E-state index is 12.9. The fourth-order valence-electron chi connectivity index (χ4n) is 5.05. The Morgan fingerprint density at radius 2 is 1.86 bits per heavy atom. The zero-order valence-electron chi connectivity index (χ0n) is 19.3. The monoisotopic (exact) mass is 482 g/mol. The largest absolute Gasteiger partial charge is 0.495 e. The Labute approximate surface area is 201 Å². The molecule has 3 aromatic rings. The molecule has 0 spiro atoms. The number of anilines is 3. The van der Waals surface area contributed by atoms with Crippen LogP contribution >= 0.6 is 0 Å². The molecule has 1 fully saturated rings. The topological polar surface area (TPSA) is 57.7 Å². The van der Waals surface area contributed by atoms with Gasteiger partial charge in [-0.2, -0.15) is 13.2 Å². The first-order valence-electron chi connectivity index (χ1n) is 11.4. The van der Waals surface area contributed by atoms with Gasteiger partial charge < -0.3 is 19.9 Å². The first-order chi connectivity index (χ1) is 16.8. The highest BCUT2D eigenvalue weighted by atomic mass is 19.4. The number of rotatable bonds is 3. The normalized spacial score (nSPS) is 19.2. The predicted molar refractivity (Wildman–Crippen MR) is 128 cm³/mol. The number of ether oxygens (including phenoxy) is 1. The lowest BCUT2D eigenvalue weighted by Crippen LogP contribution is -2.49. The van der Waals surface area contributed by atoms with Gasteiger partial charge in [-0.25, -0.2) is 0 Å². The maximum Gasteiger partial charge on any atom is 0.471 e. The molecule has 0 radical (unpaired) electrons. The molecule has 35 heavy (non-hydrogen) atoms. The second-order valence-electron chi connectivity index (χ2n) is 8.84. The zero-order valence-corrected chi connectivity index (χ0v) is 19.3. The molecular formula is C26H25F3N4O2. The third-order valence-corrected chi connectivity index (χ3v) is 6.78. The smallest absolute Gasteiger partial charge is 0.471 e. The molecule has 0 unspecified atom stereocenters. The van der Waals surface area contributed by atoms with E-state index in [0.717, 1.165) is 33.8 Å². The van der Waals surface area contributed by atoms with Gasteiger partial charge in [-0.15, -0.1) is 0 Å². The van der Waals surface area contributed by atoms with Gasteiger partial charge in [0.15, 0.2) is 0 Å². The Hall–Kier alpha value is -3.75. The molecular weight excluding hydrogens is 457 g/mol. The summed E-state index contributed by atoms with van der Waals surface area (Å²) in [5.74, 6) is -1.22. The van der Waals surface area contributed by atoms with E-state index >= 15 is 0 Å². The van der Waals surface area contributed by atoms with E-state index < -0.39 is 18.1 Å². The first-order valence-corrected chi connectivity index (χ1v) is 11.4. The molecule has 0 bridgehead atoms. The predicted octanol–water partition coefficient (Wildman–Crippen LogP) is 5.23. The summed E-state index contributed by atoms with van der Waals surface area (Å²) in [6, 6.07) is 15.3. The van der Waals surface area contributed by atoms with Crippen molar-refractivity contribution in [2.75, 3.05) is 30.5 Å². The van der Waals surface area contributed by atoms with Crippen molar-refractivity contribution in [3.05, 3.63) is 66.5 Å². The van der Waals surface area contributed by atoms with E-state index in [4.69, 9.17) is 4.74 Å². The van der Waals surface area contributed by atoms with Gasteiger partial charge in [0.1, 0.15) is 5.75 Å². The molecule has 2 aliphatic heterocycles. The lowest BCUT2D eigenvalue weighted by Gasteiger charge is -2.41. The van der Waals surface area contributed by atoms with Crippen molar-refractivity contribution in [3.63, 3.8) is 0 Å². The Morgan fingerprint density at radius 3 is 2.63 bits per heavy atom. The highest BCUT2D eigenvalue weighted by Gasteiger charge is 2.42. The number of para-hydroxylation sites is 1. The fraction of sp³-hybridized carbons (Fsp3) is 0.308. The van der Waals surface area contributed by atoms with Crippen LogP contribution in [-0.2, 0) is 4.79 Å². The molecule has 2 atom stereocenters. The van der Waals surface area contributed by atoms with Gasteiger partial charge in [-0.1, -0.05) is 24.3 Å². The molecule has 1 N–H and O–H groups in total. The van der Waals surface area contributed by atoms with Crippen molar-refractivity contribution < 1.29 is 22.7 Å². The lowest BCUT2D eigenvalue weighted by atomic mass is 9.90. The fourth-order valence-corrected chi connectivity index (χ4v) is 5.05. The Morgan fingerprint density at radius 1 is 1.06 bits per heavy atom. The summed E-state index contributed by atoms with van der Waals surface area (Å²) in [7, 11) is 3.59. The van der Waals surface area contributed by atoms with Crippen LogP contribution in [0.4, 0.5) is 30.2 Å². The number of halogens is 3. The zero-order chi connectivity index (χ0) is 24.7. The average Bonchev–Trinajstić information content (AvgIpc) is 2.96. The van der Waals surface area contributed by atoms with Crippen LogP contribution in [0.5, 0.6) is 5.75 Å². The lowest BCUT2D eigenvalue weighted by molar-refractivity contribution is -0.174. The van der Waals surface area contributed by atoms with E-state index in [1.807, 2.05) is 49.5 Å². The van der Waals surface area contributed by atoms with E-state index in [0.29, 0.717) is 25.1 Å². The van der Waals surface area contributed by atoms with Crippen molar-refractivity contribution in [3.8, 4) is 16.9 Å².